The molecular weight excluding hydrogens is 388 g/mol. The van der Waals surface area contributed by atoms with Gasteiger partial charge in [-0.25, -0.2) is 14.6 Å². The predicted molar refractivity (Wildman–Crippen MR) is 119 cm³/mol. The number of hydrogen-bond acceptors (Lipinski definition) is 6. The van der Waals surface area contributed by atoms with E-state index in [0.717, 1.165) is 41.6 Å². The van der Waals surface area contributed by atoms with Crippen LogP contribution in [0.4, 0.5) is 5.82 Å². The molecule has 0 fully saturated rings. The number of pyridine rings is 1. The smallest absolute Gasteiger partial charge is 0.180 e. The van der Waals surface area contributed by atoms with Crippen LogP contribution in [0.15, 0.2) is 67.3 Å². The van der Waals surface area contributed by atoms with Crippen molar-refractivity contribution in [2.24, 2.45) is 0 Å². The number of nitrogens with zero attached hydrogens (tertiary/aromatic N) is 6. The van der Waals surface area contributed by atoms with Crippen LogP contribution in [0.5, 0.6) is 5.75 Å². The van der Waals surface area contributed by atoms with E-state index >= 15 is 0 Å². The molecule has 4 aromatic rings. The first-order valence-electron chi connectivity index (χ1n) is 10.5. The predicted octanol–water partition coefficient (Wildman–Crippen LogP) is 4.25. The standard InChI is InChI=1S/C24H24N6O/c1-17(2)22-20(5-3-10-25-22)23-26-15-21-24(28-23)29(13-14-31-21)16-18-6-8-19(9-7-18)30-12-4-11-27-30/h3-12,15,17H,13-14,16H2,1-2H3. The average molecular weight is 412 g/mol. The van der Waals surface area contributed by atoms with Gasteiger partial charge in [-0.3, -0.25) is 4.98 Å². The topological polar surface area (TPSA) is 69.0 Å². The van der Waals surface area contributed by atoms with Gasteiger partial charge in [-0.2, -0.15) is 5.10 Å². The molecule has 0 atom stereocenters. The first-order valence-corrected chi connectivity index (χ1v) is 10.5. The van der Waals surface area contributed by atoms with Gasteiger partial charge in [-0.1, -0.05) is 26.0 Å². The zero-order chi connectivity index (χ0) is 21.2. The monoisotopic (exact) mass is 412 g/mol. The van der Waals surface area contributed by atoms with E-state index in [1.807, 2.05) is 35.3 Å². The van der Waals surface area contributed by atoms with Crippen LogP contribution in [0.3, 0.4) is 0 Å². The third-order valence-electron chi connectivity index (χ3n) is 5.36. The highest BCUT2D eigenvalue weighted by Gasteiger charge is 2.22. The lowest BCUT2D eigenvalue weighted by Gasteiger charge is -2.30. The lowest BCUT2D eigenvalue weighted by Crippen LogP contribution is -2.33. The summed E-state index contributed by atoms with van der Waals surface area (Å²) < 4.78 is 7.69. The van der Waals surface area contributed by atoms with Crippen LogP contribution in [0, 0.1) is 0 Å². The molecule has 0 radical (unpaired) electrons. The largest absolute Gasteiger partial charge is 0.486 e. The summed E-state index contributed by atoms with van der Waals surface area (Å²) >= 11 is 0. The zero-order valence-electron chi connectivity index (χ0n) is 17.6. The Bertz CT molecular complexity index is 1170. The molecular formula is C24H24N6O. The van der Waals surface area contributed by atoms with Crippen molar-refractivity contribution in [3.8, 4) is 22.8 Å². The van der Waals surface area contributed by atoms with Gasteiger partial charge in [-0.05, 0) is 41.8 Å². The van der Waals surface area contributed by atoms with Gasteiger partial charge in [0, 0.05) is 30.7 Å². The van der Waals surface area contributed by atoms with E-state index in [1.165, 1.54) is 5.56 Å². The van der Waals surface area contributed by atoms with Gasteiger partial charge >= 0.3 is 0 Å². The van der Waals surface area contributed by atoms with Gasteiger partial charge in [0.2, 0.25) is 0 Å². The Hall–Kier alpha value is -3.74. The highest BCUT2D eigenvalue weighted by Crippen LogP contribution is 2.33. The molecule has 0 bridgehead atoms. The van der Waals surface area contributed by atoms with Crippen molar-refractivity contribution in [3.63, 3.8) is 0 Å². The van der Waals surface area contributed by atoms with Gasteiger partial charge in [-0.15, -0.1) is 0 Å². The Morgan fingerprint density at radius 3 is 2.68 bits per heavy atom. The minimum atomic E-state index is 0.288. The van der Waals surface area contributed by atoms with E-state index in [-0.39, 0.29) is 5.92 Å². The van der Waals surface area contributed by atoms with Crippen LogP contribution >= 0.6 is 0 Å². The molecule has 5 rings (SSSR count). The average Bonchev–Trinajstić information content (AvgIpc) is 3.34. The zero-order valence-corrected chi connectivity index (χ0v) is 17.6. The molecule has 1 aliphatic rings. The minimum Gasteiger partial charge on any atom is -0.486 e. The quantitative estimate of drug-likeness (QED) is 0.488. The highest BCUT2D eigenvalue weighted by atomic mass is 16.5. The highest BCUT2D eigenvalue weighted by molar-refractivity contribution is 5.64. The summed E-state index contributed by atoms with van der Waals surface area (Å²) in [5, 5.41) is 4.29. The maximum atomic E-state index is 5.83. The second kappa shape index (κ2) is 8.18. The Labute approximate surface area is 181 Å². The molecule has 0 saturated carbocycles. The normalized spacial score (nSPS) is 13.2. The summed E-state index contributed by atoms with van der Waals surface area (Å²) in [7, 11) is 0. The van der Waals surface area contributed by atoms with Crippen molar-refractivity contribution in [2.45, 2.75) is 26.3 Å². The lowest BCUT2D eigenvalue weighted by atomic mass is 10.0. The maximum absolute atomic E-state index is 5.83. The van der Waals surface area contributed by atoms with Crippen LogP contribution in [0.25, 0.3) is 17.1 Å². The van der Waals surface area contributed by atoms with Crippen LogP contribution in [-0.2, 0) is 6.54 Å². The van der Waals surface area contributed by atoms with Crippen molar-refractivity contribution in [2.75, 3.05) is 18.1 Å². The molecule has 156 valence electrons. The summed E-state index contributed by atoms with van der Waals surface area (Å²) in [6, 6.07) is 14.3. The molecule has 7 nitrogen and oxygen atoms in total. The fourth-order valence-corrected chi connectivity index (χ4v) is 3.81. The number of anilines is 1. The Balaban J connectivity index is 1.44. The van der Waals surface area contributed by atoms with Crippen molar-refractivity contribution >= 4 is 5.82 Å². The van der Waals surface area contributed by atoms with Crippen LogP contribution < -0.4 is 9.64 Å². The van der Waals surface area contributed by atoms with E-state index in [9.17, 15) is 0 Å². The minimum absolute atomic E-state index is 0.288. The third kappa shape index (κ3) is 3.86. The van der Waals surface area contributed by atoms with Gasteiger partial charge < -0.3 is 9.64 Å². The van der Waals surface area contributed by atoms with Gasteiger partial charge in [0.15, 0.2) is 17.4 Å². The number of benzene rings is 1. The van der Waals surface area contributed by atoms with Gasteiger partial charge in [0.05, 0.1) is 24.1 Å². The molecule has 7 heteroatoms. The molecule has 1 aliphatic heterocycles. The lowest BCUT2D eigenvalue weighted by molar-refractivity contribution is 0.303. The van der Waals surface area contributed by atoms with Gasteiger partial charge in [0.25, 0.3) is 0 Å². The number of fused-ring (bicyclic) bond motifs is 1. The Morgan fingerprint density at radius 2 is 1.90 bits per heavy atom. The first-order chi connectivity index (χ1) is 15.2. The number of aromatic nitrogens is 5. The van der Waals surface area contributed by atoms with Crippen LogP contribution in [-0.4, -0.2) is 37.9 Å². The molecule has 0 amide bonds. The third-order valence-corrected chi connectivity index (χ3v) is 5.36. The van der Waals surface area contributed by atoms with Crippen molar-refractivity contribution in [1.82, 2.24) is 24.7 Å². The number of ether oxygens (including phenoxy) is 1. The van der Waals surface area contributed by atoms with E-state index in [0.29, 0.717) is 12.4 Å². The summed E-state index contributed by atoms with van der Waals surface area (Å²) in [6.45, 7) is 6.40. The molecule has 4 heterocycles. The molecule has 1 aromatic carbocycles. The molecule has 0 saturated heterocycles. The summed E-state index contributed by atoms with van der Waals surface area (Å²) in [6.07, 6.45) is 7.32. The van der Waals surface area contributed by atoms with Crippen LogP contribution in [0.1, 0.15) is 31.0 Å². The molecule has 31 heavy (non-hydrogen) atoms. The summed E-state index contributed by atoms with van der Waals surface area (Å²) in [5.41, 5.74) is 4.21. The van der Waals surface area contributed by atoms with E-state index in [1.54, 1.807) is 12.4 Å². The molecule has 0 spiro atoms. The number of hydrogen-bond donors (Lipinski definition) is 0. The van der Waals surface area contributed by atoms with Crippen molar-refractivity contribution < 1.29 is 4.74 Å². The van der Waals surface area contributed by atoms with E-state index < -0.39 is 0 Å². The Morgan fingerprint density at radius 1 is 1.03 bits per heavy atom. The second-order valence-corrected chi connectivity index (χ2v) is 7.86. The van der Waals surface area contributed by atoms with Crippen molar-refractivity contribution in [1.29, 1.82) is 0 Å². The Kier molecular flexibility index (Phi) is 5.08. The summed E-state index contributed by atoms with van der Waals surface area (Å²) in [4.78, 5) is 16.3. The van der Waals surface area contributed by atoms with Gasteiger partial charge in [0.1, 0.15) is 6.61 Å². The molecule has 0 N–H and O–H groups in total. The van der Waals surface area contributed by atoms with E-state index in [4.69, 9.17) is 9.72 Å². The fourth-order valence-electron chi connectivity index (χ4n) is 3.81. The molecule has 3 aromatic heterocycles. The summed E-state index contributed by atoms with van der Waals surface area (Å²) in [5.74, 6) is 2.51. The number of rotatable bonds is 5. The fraction of sp³-hybridized carbons (Fsp3) is 0.250. The second-order valence-electron chi connectivity index (χ2n) is 7.86. The van der Waals surface area contributed by atoms with Crippen LogP contribution in [0.2, 0.25) is 0 Å². The maximum Gasteiger partial charge on any atom is 0.180 e. The first kappa shape index (κ1) is 19.2. The SMILES string of the molecule is CC(C)c1ncccc1-c1ncc2c(n1)N(Cc1ccc(-n3cccn3)cc1)CCO2. The van der Waals surface area contributed by atoms with Crippen molar-refractivity contribution in [3.05, 3.63) is 78.5 Å². The molecule has 0 aliphatic carbocycles. The molecule has 0 unspecified atom stereocenters. The van der Waals surface area contributed by atoms with E-state index in [2.05, 4.69) is 58.1 Å².